The maximum atomic E-state index is 13.8. The van der Waals surface area contributed by atoms with Crippen LogP contribution in [-0.4, -0.2) is 92.4 Å². The van der Waals surface area contributed by atoms with Crippen LogP contribution in [0.4, 0.5) is 4.79 Å². The number of unbranched alkanes of at least 4 members (excludes halogenated alkanes) is 26. The minimum absolute atomic E-state index is 0.0305. The number of carbonyl (C=O) groups excluding carboxylic acids is 4. The standard InChI is InChI=1S/C60H116N2O8/c1-8-13-18-31-40-52-67-59(65)53-62(51-41-50-61(6)7)60(66)70-56(46-36-27-23-25-29-38-48-57(63)68-54(42-32-19-14-9-2)43-33-20-15-10-3)47-37-28-24-26-30-39-49-58(64)69-55(44-34-21-16-11-4)45-35-22-17-12-5/h54-56H,8-53H2,1-7H3. The van der Waals surface area contributed by atoms with Crippen LogP contribution in [0.5, 0.6) is 0 Å². The van der Waals surface area contributed by atoms with E-state index in [0.717, 1.165) is 173 Å². The fraction of sp³-hybridized carbons (Fsp3) is 0.933. The second-order valence-electron chi connectivity index (χ2n) is 21.2. The van der Waals surface area contributed by atoms with E-state index < -0.39 is 6.09 Å². The molecule has 70 heavy (non-hydrogen) atoms. The van der Waals surface area contributed by atoms with Gasteiger partial charge in [0.1, 0.15) is 24.9 Å². The largest absolute Gasteiger partial charge is 0.464 e. The first-order valence-electron chi connectivity index (χ1n) is 30.2. The first-order chi connectivity index (χ1) is 34.1. The van der Waals surface area contributed by atoms with Gasteiger partial charge in [0.25, 0.3) is 0 Å². The number of rotatable bonds is 53. The predicted molar refractivity (Wildman–Crippen MR) is 293 cm³/mol. The first-order valence-corrected chi connectivity index (χ1v) is 30.2. The molecule has 0 aromatic rings. The Hall–Kier alpha value is -2.36. The van der Waals surface area contributed by atoms with Crippen molar-refractivity contribution in [2.75, 3.05) is 40.3 Å². The molecule has 0 radical (unpaired) electrons. The average molecular weight is 994 g/mol. The predicted octanol–water partition coefficient (Wildman–Crippen LogP) is 17.2. The van der Waals surface area contributed by atoms with Gasteiger partial charge in [0.15, 0.2) is 0 Å². The van der Waals surface area contributed by atoms with Crippen molar-refractivity contribution in [2.24, 2.45) is 0 Å². The lowest BCUT2D eigenvalue weighted by atomic mass is 10.0. The summed E-state index contributed by atoms with van der Waals surface area (Å²) >= 11 is 0. The van der Waals surface area contributed by atoms with Crippen molar-refractivity contribution in [1.82, 2.24) is 9.80 Å². The van der Waals surface area contributed by atoms with Crippen molar-refractivity contribution < 1.29 is 38.1 Å². The molecule has 0 aliphatic heterocycles. The molecule has 0 unspecified atom stereocenters. The van der Waals surface area contributed by atoms with Gasteiger partial charge in [-0.05, 0) is 123 Å². The van der Waals surface area contributed by atoms with E-state index in [4.69, 9.17) is 18.9 Å². The van der Waals surface area contributed by atoms with Crippen LogP contribution in [0.1, 0.15) is 304 Å². The van der Waals surface area contributed by atoms with Crippen LogP contribution >= 0.6 is 0 Å². The number of hydrogen-bond donors (Lipinski definition) is 0. The summed E-state index contributed by atoms with van der Waals surface area (Å²) in [5.41, 5.74) is 0. The Morgan fingerprint density at radius 3 is 1.03 bits per heavy atom. The topological polar surface area (TPSA) is 112 Å². The molecule has 10 heteroatoms. The molecule has 0 aromatic heterocycles. The molecule has 0 saturated heterocycles. The van der Waals surface area contributed by atoms with E-state index in [2.05, 4.69) is 39.5 Å². The maximum absolute atomic E-state index is 13.8. The highest BCUT2D eigenvalue weighted by Gasteiger charge is 2.23. The van der Waals surface area contributed by atoms with Crippen LogP contribution in [0, 0.1) is 0 Å². The molecule has 0 aromatic carbocycles. The van der Waals surface area contributed by atoms with Gasteiger partial charge in [0, 0.05) is 19.4 Å². The lowest BCUT2D eigenvalue weighted by molar-refractivity contribution is -0.151. The molecule has 0 aliphatic carbocycles. The number of carbonyl (C=O) groups is 4. The number of hydrogen-bond acceptors (Lipinski definition) is 9. The minimum atomic E-state index is -0.421. The van der Waals surface area contributed by atoms with E-state index in [-0.39, 0.29) is 42.8 Å². The number of esters is 3. The minimum Gasteiger partial charge on any atom is -0.464 e. The molecule has 0 N–H and O–H groups in total. The normalized spacial score (nSPS) is 11.6. The van der Waals surface area contributed by atoms with Gasteiger partial charge in [0.2, 0.25) is 0 Å². The summed E-state index contributed by atoms with van der Waals surface area (Å²) in [7, 11) is 4.02. The third kappa shape index (κ3) is 45.5. The average Bonchev–Trinajstić information content (AvgIpc) is 3.33. The summed E-state index contributed by atoms with van der Waals surface area (Å²) in [6.07, 6.45) is 43.6. The number of amides is 1. The van der Waals surface area contributed by atoms with Gasteiger partial charge in [-0.25, -0.2) is 4.79 Å². The van der Waals surface area contributed by atoms with Crippen LogP contribution in [0.2, 0.25) is 0 Å². The van der Waals surface area contributed by atoms with Crippen LogP contribution in [0.15, 0.2) is 0 Å². The summed E-state index contributed by atoms with van der Waals surface area (Å²) in [4.78, 5) is 56.0. The van der Waals surface area contributed by atoms with E-state index in [1.165, 1.54) is 89.9 Å². The smallest absolute Gasteiger partial charge is 0.410 e. The van der Waals surface area contributed by atoms with Gasteiger partial charge < -0.3 is 23.8 Å². The van der Waals surface area contributed by atoms with E-state index in [1.54, 1.807) is 4.90 Å². The van der Waals surface area contributed by atoms with E-state index in [0.29, 0.717) is 26.0 Å². The van der Waals surface area contributed by atoms with E-state index in [1.807, 2.05) is 14.1 Å². The van der Waals surface area contributed by atoms with Gasteiger partial charge in [-0.3, -0.25) is 19.3 Å². The maximum Gasteiger partial charge on any atom is 0.410 e. The van der Waals surface area contributed by atoms with Crippen LogP contribution in [0.25, 0.3) is 0 Å². The molecule has 1 amide bonds. The fourth-order valence-electron chi connectivity index (χ4n) is 9.29. The van der Waals surface area contributed by atoms with Gasteiger partial charge in [0.05, 0.1) is 6.61 Å². The van der Waals surface area contributed by atoms with Crippen molar-refractivity contribution in [2.45, 2.75) is 323 Å². The monoisotopic (exact) mass is 993 g/mol. The molecule has 0 fully saturated rings. The Balaban J connectivity index is 5.18. The zero-order chi connectivity index (χ0) is 51.6. The summed E-state index contributed by atoms with van der Waals surface area (Å²) in [6, 6.07) is 0. The van der Waals surface area contributed by atoms with Crippen LogP contribution in [0.3, 0.4) is 0 Å². The summed E-state index contributed by atoms with van der Waals surface area (Å²) in [5.74, 6) is -0.432. The van der Waals surface area contributed by atoms with Gasteiger partial charge in [-0.1, -0.05) is 189 Å². The zero-order valence-electron chi connectivity index (χ0n) is 47.4. The summed E-state index contributed by atoms with van der Waals surface area (Å²) in [6.45, 7) is 12.6. The van der Waals surface area contributed by atoms with Crippen molar-refractivity contribution in [1.29, 1.82) is 0 Å². The van der Waals surface area contributed by atoms with Crippen molar-refractivity contribution in [3.63, 3.8) is 0 Å². The van der Waals surface area contributed by atoms with Gasteiger partial charge >= 0.3 is 24.0 Å². The first kappa shape index (κ1) is 67.6. The summed E-state index contributed by atoms with van der Waals surface area (Å²) < 4.78 is 23.8. The molecular weight excluding hydrogens is 877 g/mol. The van der Waals surface area contributed by atoms with E-state index in [9.17, 15) is 19.2 Å². The molecule has 0 atom stereocenters. The molecule has 0 bridgehead atoms. The SMILES string of the molecule is CCCCCCCOC(=O)CN(CCCN(C)C)C(=O)OC(CCCCCCCCC(=O)OC(CCCCCC)CCCCCC)CCCCCCCCC(=O)OC(CCCCCC)CCCCCC. The summed E-state index contributed by atoms with van der Waals surface area (Å²) in [5, 5.41) is 0. The van der Waals surface area contributed by atoms with E-state index >= 15 is 0 Å². The van der Waals surface area contributed by atoms with Gasteiger partial charge in [-0.15, -0.1) is 0 Å². The molecule has 0 spiro atoms. The Morgan fingerprint density at radius 1 is 0.343 bits per heavy atom. The Labute approximate surface area is 433 Å². The highest BCUT2D eigenvalue weighted by atomic mass is 16.6. The van der Waals surface area contributed by atoms with Gasteiger partial charge in [-0.2, -0.15) is 0 Å². The lowest BCUT2D eigenvalue weighted by Crippen LogP contribution is -2.40. The number of nitrogens with zero attached hydrogens (tertiary/aromatic N) is 2. The molecule has 414 valence electrons. The molecular formula is C60H116N2O8. The van der Waals surface area contributed by atoms with Crippen LogP contribution < -0.4 is 0 Å². The van der Waals surface area contributed by atoms with Crippen molar-refractivity contribution >= 4 is 24.0 Å². The molecule has 0 saturated carbocycles. The van der Waals surface area contributed by atoms with Crippen LogP contribution in [-0.2, 0) is 33.3 Å². The molecule has 10 nitrogen and oxygen atoms in total. The third-order valence-electron chi connectivity index (χ3n) is 13.8. The van der Waals surface area contributed by atoms with Crippen molar-refractivity contribution in [3.8, 4) is 0 Å². The fourth-order valence-corrected chi connectivity index (χ4v) is 9.29. The highest BCUT2D eigenvalue weighted by molar-refractivity contribution is 5.78. The lowest BCUT2D eigenvalue weighted by Gasteiger charge is -2.26. The zero-order valence-corrected chi connectivity index (χ0v) is 47.4. The second-order valence-corrected chi connectivity index (χ2v) is 21.2. The molecule has 0 rings (SSSR count). The Bertz CT molecular complexity index is 1100. The second kappa shape index (κ2) is 51.5. The number of ether oxygens (including phenoxy) is 4. The highest BCUT2D eigenvalue weighted by Crippen LogP contribution is 2.21. The molecule has 0 heterocycles. The molecule has 0 aliphatic rings. The Morgan fingerprint density at radius 2 is 0.657 bits per heavy atom. The quantitative estimate of drug-likeness (QED) is 0.0334. The Kier molecular flexibility index (Phi) is 49.8. The van der Waals surface area contributed by atoms with Crippen molar-refractivity contribution in [3.05, 3.63) is 0 Å². The third-order valence-corrected chi connectivity index (χ3v) is 13.8.